The lowest BCUT2D eigenvalue weighted by atomic mass is 10.2. The molecule has 3 rings (SSSR count). The fourth-order valence-corrected chi connectivity index (χ4v) is 3.06. The van der Waals surface area contributed by atoms with Crippen molar-refractivity contribution in [3.63, 3.8) is 0 Å². The quantitative estimate of drug-likeness (QED) is 0.792. The van der Waals surface area contributed by atoms with Crippen molar-refractivity contribution in [3.05, 3.63) is 36.3 Å². The van der Waals surface area contributed by atoms with E-state index < -0.39 is 0 Å². The molecule has 0 spiro atoms. The summed E-state index contributed by atoms with van der Waals surface area (Å²) >= 11 is 0. The van der Waals surface area contributed by atoms with Gasteiger partial charge in [-0.3, -0.25) is 4.68 Å². The van der Waals surface area contributed by atoms with E-state index in [0.717, 1.165) is 25.3 Å². The summed E-state index contributed by atoms with van der Waals surface area (Å²) < 4.78 is 6.75. The summed E-state index contributed by atoms with van der Waals surface area (Å²) in [7, 11) is 0. The van der Waals surface area contributed by atoms with Crippen molar-refractivity contribution < 1.29 is 14.3 Å². The molecule has 0 saturated carbocycles. The molecule has 9 heteroatoms. The Labute approximate surface area is 164 Å². The molecule has 1 saturated heterocycles. The van der Waals surface area contributed by atoms with Crippen molar-refractivity contribution in [2.45, 2.75) is 26.8 Å². The Morgan fingerprint density at radius 2 is 2.00 bits per heavy atom. The molecule has 0 radical (unpaired) electrons. The van der Waals surface area contributed by atoms with Crippen LogP contribution in [0.4, 0.5) is 16.3 Å². The van der Waals surface area contributed by atoms with Crippen LogP contribution in [0.3, 0.4) is 0 Å². The summed E-state index contributed by atoms with van der Waals surface area (Å²) in [4.78, 5) is 32.6. The van der Waals surface area contributed by atoms with Gasteiger partial charge in [-0.1, -0.05) is 0 Å². The predicted octanol–water partition coefficient (Wildman–Crippen LogP) is 2.22. The first-order valence-electron chi connectivity index (χ1n) is 9.57. The van der Waals surface area contributed by atoms with E-state index in [0.29, 0.717) is 37.5 Å². The summed E-state index contributed by atoms with van der Waals surface area (Å²) in [6, 6.07) is 3.42. The topological polar surface area (TPSA) is 92.6 Å². The number of ether oxygens (including phenoxy) is 1. The highest BCUT2D eigenvalue weighted by atomic mass is 16.5. The Morgan fingerprint density at radius 1 is 1.14 bits per heavy atom. The second-order valence-corrected chi connectivity index (χ2v) is 6.47. The van der Waals surface area contributed by atoms with Crippen LogP contribution in [0.25, 0.3) is 0 Å². The highest BCUT2D eigenvalue weighted by Crippen LogP contribution is 2.16. The number of rotatable bonds is 5. The van der Waals surface area contributed by atoms with Crippen LogP contribution in [0.15, 0.2) is 30.7 Å². The second kappa shape index (κ2) is 9.20. The number of anilines is 2. The average molecular weight is 386 g/mol. The zero-order chi connectivity index (χ0) is 19.9. The number of esters is 1. The molecule has 1 aliphatic heterocycles. The molecule has 9 nitrogen and oxygen atoms in total. The maximum absolute atomic E-state index is 12.5. The van der Waals surface area contributed by atoms with Crippen LogP contribution in [0.5, 0.6) is 0 Å². The van der Waals surface area contributed by atoms with E-state index >= 15 is 0 Å². The van der Waals surface area contributed by atoms with Gasteiger partial charge in [-0.25, -0.2) is 14.6 Å². The van der Waals surface area contributed by atoms with Crippen molar-refractivity contribution in [1.82, 2.24) is 19.7 Å². The molecule has 0 unspecified atom stereocenters. The largest absolute Gasteiger partial charge is 0.462 e. The minimum Gasteiger partial charge on any atom is -0.462 e. The highest BCUT2D eigenvalue weighted by molar-refractivity contribution is 5.89. The van der Waals surface area contributed by atoms with Crippen LogP contribution in [-0.4, -0.2) is 64.5 Å². The monoisotopic (exact) mass is 386 g/mol. The van der Waals surface area contributed by atoms with Gasteiger partial charge in [0.05, 0.1) is 24.1 Å². The molecule has 1 fully saturated rings. The average Bonchev–Trinajstić information content (AvgIpc) is 3.01. The zero-order valence-electron chi connectivity index (χ0n) is 16.3. The van der Waals surface area contributed by atoms with Gasteiger partial charge in [0.25, 0.3) is 0 Å². The molecular formula is C19H26N6O3. The fourth-order valence-electron chi connectivity index (χ4n) is 3.06. The van der Waals surface area contributed by atoms with Crippen molar-refractivity contribution >= 4 is 23.5 Å². The predicted molar refractivity (Wildman–Crippen MR) is 106 cm³/mol. The number of aromatic nitrogens is 3. The van der Waals surface area contributed by atoms with Crippen LogP contribution in [-0.2, 0) is 11.3 Å². The third-order valence-electron chi connectivity index (χ3n) is 4.57. The van der Waals surface area contributed by atoms with E-state index in [4.69, 9.17) is 4.74 Å². The van der Waals surface area contributed by atoms with Gasteiger partial charge in [0.1, 0.15) is 5.82 Å². The van der Waals surface area contributed by atoms with Crippen molar-refractivity contribution in [3.8, 4) is 0 Å². The Balaban J connectivity index is 1.56. The first-order valence-corrected chi connectivity index (χ1v) is 9.57. The van der Waals surface area contributed by atoms with Crippen molar-refractivity contribution in [2.24, 2.45) is 0 Å². The number of nitrogens with zero attached hydrogens (tertiary/aromatic N) is 5. The molecule has 2 amide bonds. The molecule has 3 heterocycles. The Hall–Kier alpha value is -3.10. The third kappa shape index (κ3) is 4.79. The van der Waals surface area contributed by atoms with Crippen LogP contribution < -0.4 is 10.2 Å². The minimum absolute atomic E-state index is 0.122. The summed E-state index contributed by atoms with van der Waals surface area (Å²) in [6.45, 7) is 7.60. The molecule has 0 atom stereocenters. The van der Waals surface area contributed by atoms with Gasteiger partial charge in [-0.05, 0) is 32.4 Å². The van der Waals surface area contributed by atoms with E-state index in [2.05, 4.69) is 20.3 Å². The second-order valence-electron chi connectivity index (χ2n) is 6.47. The first kappa shape index (κ1) is 19.7. The number of hydrogen-bond acceptors (Lipinski definition) is 6. The molecule has 28 heavy (non-hydrogen) atoms. The number of nitrogens with one attached hydrogen (secondary N) is 1. The normalized spacial score (nSPS) is 14.5. The van der Waals surface area contributed by atoms with Gasteiger partial charge >= 0.3 is 12.0 Å². The van der Waals surface area contributed by atoms with Crippen molar-refractivity contribution in [1.29, 1.82) is 0 Å². The number of carbonyl (C=O) groups excluding carboxylic acids is 2. The molecule has 0 aromatic carbocycles. The molecule has 0 bridgehead atoms. The number of carbonyl (C=O) groups is 2. The molecule has 0 aliphatic carbocycles. The molecule has 1 N–H and O–H groups in total. The van der Waals surface area contributed by atoms with Crippen LogP contribution in [0, 0.1) is 0 Å². The lowest BCUT2D eigenvalue weighted by molar-refractivity contribution is 0.0526. The zero-order valence-corrected chi connectivity index (χ0v) is 16.3. The van der Waals surface area contributed by atoms with Crippen molar-refractivity contribution in [2.75, 3.05) is 43.0 Å². The van der Waals surface area contributed by atoms with Crippen LogP contribution >= 0.6 is 0 Å². The number of urea groups is 1. The molecule has 2 aromatic heterocycles. The summed E-state index contributed by atoms with van der Waals surface area (Å²) in [5, 5.41) is 7.07. The van der Waals surface area contributed by atoms with Crippen LogP contribution in [0.1, 0.15) is 30.6 Å². The number of amides is 2. The Bertz CT molecular complexity index is 804. The number of aryl methyl sites for hydroxylation is 1. The Kier molecular flexibility index (Phi) is 6.46. The van der Waals surface area contributed by atoms with Gasteiger partial charge in [-0.15, -0.1) is 0 Å². The fraction of sp³-hybridized carbons (Fsp3) is 0.474. The van der Waals surface area contributed by atoms with E-state index in [1.165, 1.54) is 6.20 Å². The first-order chi connectivity index (χ1) is 13.6. The SMILES string of the molecule is CCOC(=O)c1ccc(N2CCCN(C(=O)Nc3cnn(CC)c3)CC2)nc1. The standard InChI is InChI=1S/C19H26N6O3/c1-3-25-14-16(13-21-25)22-19(27)24-9-5-8-23(10-11-24)17-7-6-15(12-20-17)18(26)28-4-2/h6-7,12-14H,3-5,8-11H2,1-2H3,(H,22,27). The number of hydrogen-bond donors (Lipinski definition) is 1. The maximum Gasteiger partial charge on any atom is 0.339 e. The molecular weight excluding hydrogens is 360 g/mol. The van der Waals surface area contributed by atoms with Gasteiger partial charge in [0.15, 0.2) is 0 Å². The van der Waals surface area contributed by atoms with E-state index in [9.17, 15) is 9.59 Å². The maximum atomic E-state index is 12.5. The highest BCUT2D eigenvalue weighted by Gasteiger charge is 2.20. The van der Waals surface area contributed by atoms with Gasteiger partial charge in [0, 0.05) is 45.1 Å². The lowest BCUT2D eigenvalue weighted by Crippen LogP contribution is -2.38. The Morgan fingerprint density at radius 3 is 2.68 bits per heavy atom. The van der Waals surface area contributed by atoms with E-state index in [1.807, 2.05) is 19.2 Å². The van der Waals surface area contributed by atoms with Gasteiger partial charge in [-0.2, -0.15) is 5.10 Å². The lowest BCUT2D eigenvalue weighted by Gasteiger charge is -2.23. The molecule has 2 aromatic rings. The van der Waals surface area contributed by atoms with Crippen LogP contribution in [0.2, 0.25) is 0 Å². The summed E-state index contributed by atoms with van der Waals surface area (Å²) in [5.41, 5.74) is 1.14. The minimum atomic E-state index is -0.369. The van der Waals surface area contributed by atoms with Gasteiger partial charge in [0.2, 0.25) is 0 Å². The van der Waals surface area contributed by atoms with E-state index in [1.54, 1.807) is 28.8 Å². The summed E-state index contributed by atoms with van der Waals surface area (Å²) in [6.07, 6.45) is 5.84. The smallest absolute Gasteiger partial charge is 0.339 e. The molecule has 1 aliphatic rings. The number of pyridine rings is 1. The third-order valence-corrected chi connectivity index (χ3v) is 4.57. The summed E-state index contributed by atoms with van der Waals surface area (Å²) in [5.74, 6) is 0.422. The van der Waals surface area contributed by atoms with E-state index in [-0.39, 0.29) is 12.0 Å². The van der Waals surface area contributed by atoms with Gasteiger partial charge < -0.3 is 19.9 Å². The molecule has 150 valence electrons.